The van der Waals surface area contributed by atoms with Crippen LogP contribution in [0.3, 0.4) is 0 Å². The number of rotatable bonds is 6. The Morgan fingerprint density at radius 1 is 1.59 bits per heavy atom. The third-order valence-electron chi connectivity index (χ3n) is 2.23. The van der Waals surface area contributed by atoms with E-state index in [1.54, 1.807) is 31.0 Å². The molecule has 1 aromatic rings. The normalized spacial score (nSPS) is 12.4. The summed E-state index contributed by atoms with van der Waals surface area (Å²) in [5.74, 6) is -0.913. The average molecular weight is 319 g/mol. The van der Waals surface area contributed by atoms with E-state index < -0.39 is 5.97 Å². The molecule has 0 radical (unpaired) electrons. The molecule has 0 aliphatic heterocycles. The SMILES string of the molecule is COCCC(C)Sc1ccc(Br)c(C(=O)O)c1. The number of carbonyl (C=O) groups is 1. The Kier molecular flexibility index (Phi) is 6.02. The van der Waals surface area contributed by atoms with Crippen molar-refractivity contribution >= 4 is 33.7 Å². The predicted molar refractivity (Wildman–Crippen MR) is 72.9 cm³/mol. The number of ether oxygens (including phenoxy) is 1. The lowest BCUT2D eigenvalue weighted by molar-refractivity contribution is 0.0695. The minimum absolute atomic E-state index is 0.300. The molecule has 0 saturated carbocycles. The molecule has 0 amide bonds. The molecule has 0 saturated heterocycles. The Balaban J connectivity index is 2.72. The number of thioether (sulfide) groups is 1. The van der Waals surface area contributed by atoms with Gasteiger partial charge in [0.1, 0.15) is 0 Å². The van der Waals surface area contributed by atoms with E-state index in [1.807, 2.05) is 6.07 Å². The number of aromatic carboxylic acids is 1. The molecule has 1 unspecified atom stereocenters. The van der Waals surface area contributed by atoms with Crippen molar-refractivity contribution in [3.63, 3.8) is 0 Å². The minimum atomic E-state index is -0.913. The first kappa shape index (κ1) is 14.5. The first-order chi connectivity index (χ1) is 8.04. The Hall–Kier alpha value is -0.520. The number of carboxylic acids is 1. The summed E-state index contributed by atoms with van der Waals surface area (Å²) in [6, 6.07) is 5.39. The predicted octanol–water partition coefficient (Wildman–Crippen LogP) is 3.66. The third-order valence-corrected chi connectivity index (χ3v) is 4.09. The second kappa shape index (κ2) is 7.03. The van der Waals surface area contributed by atoms with Gasteiger partial charge in [0.05, 0.1) is 5.56 Å². The van der Waals surface area contributed by atoms with Crippen LogP contribution in [-0.2, 0) is 4.74 Å². The fourth-order valence-electron chi connectivity index (χ4n) is 1.32. The monoisotopic (exact) mass is 318 g/mol. The zero-order valence-corrected chi connectivity index (χ0v) is 12.2. The summed E-state index contributed by atoms with van der Waals surface area (Å²) in [4.78, 5) is 11.9. The van der Waals surface area contributed by atoms with Gasteiger partial charge in [-0.1, -0.05) is 6.92 Å². The van der Waals surface area contributed by atoms with E-state index in [9.17, 15) is 4.79 Å². The standard InChI is InChI=1S/C12H15BrO3S/c1-8(5-6-16-2)17-9-3-4-11(13)10(7-9)12(14)15/h3-4,7-8H,5-6H2,1-2H3,(H,14,15). The topological polar surface area (TPSA) is 46.5 Å². The molecule has 0 aliphatic rings. The van der Waals surface area contributed by atoms with Crippen molar-refractivity contribution in [2.45, 2.75) is 23.5 Å². The number of carboxylic acid groups (broad SMARTS) is 1. The highest BCUT2D eigenvalue weighted by Crippen LogP contribution is 2.29. The zero-order chi connectivity index (χ0) is 12.8. The van der Waals surface area contributed by atoms with Crippen LogP contribution in [0.25, 0.3) is 0 Å². The molecule has 0 spiro atoms. The quantitative estimate of drug-likeness (QED) is 0.813. The van der Waals surface area contributed by atoms with Gasteiger partial charge in [-0.2, -0.15) is 0 Å². The maximum atomic E-state index is 11.0. The van der Waals surface area contributed by atoms with Crippen molar-refractivity contribution in [2.75, 3.05) is 13.7 Å². The number of methoxy groups -OCH3 is 1. The first-order valence-electron chi connectivity index (χ1n) is 5.23. The van der Waals surface area contributed by atoms with Crippen LogP contribution in [0.15, 0.2) is 27.6 Å². The van der Waals surface area contributed by atoms with Crippen LogP contribution in [0.1, 0.15) is 23.7 Å². The molecule has 1 N–H and O–H groups in total. The number of hydrogen-bond donors (Lipinski definition) is 1. The first-order valence-corrected chi connectivity index (χ1v) is 6.90. The molecule has 17 heavy (non-hydrogen) atoms. The van der Waals surface area contributed by atoms with E-state index in [0.717, 1.165) is 17.9 Å². The smallest absolute Gasteiger partial charge is 0.336 e. The molecule has 1 rings (SSSR count). The van der Waals surface area contributed by atoms with Crippen LogP contribution in [0.4, 0.5) is 0 Å². The highest BCUT2D eigenvalue weighted by Gasteiger charge is 2.11. The van der Waals surface area contributed by atoms with E-state index >= 15 is 0 Å². The van der Waals surface area contributed by atoms with Crippen LogP contribution >= 0.6 is 27.7 Å². The molecule has 0 aliphatic carbocycles. The van der Waals surface area contributed by atoms with Crippen molar-refractivity contribution in [3.05, 3.63) is 28.2 Å². The van der Waals surface area contributed by atoms with Gasteiger partial charge in [-0.05, 0) is 40.5 Å². The Labute approximate surface area is 114 Å². The maximum Gasteiger partial charge on any atom is 0.336 e. The highest BCUT2D eigenvalue weighted by molar-refractivity contribution is 9.10. The lowest BCUT2D eigenvalue weighted by Crippen LogP contribution is -2.02. The van der Waals surface area contributed by atoms with Crippen molar-refractivity contribution in [3.8, 4) is 0 Å². The third kappa shape index (κ3) is 4.69. The zero-order valence-electron chi connectivity index (χ0n) is 9.77. The van der Waals surface area contributed by atoms with Crippen molar-refractivity contribution in [2.24, 2.45) is 0 Å². The van der Waals surface area contributed by atoms with Gasteiger partial charge in [0.2, 0.25) is 0 Å². The van der Waals surface area contributed by atoms with E-state index in [0.29, 0.717) is 15.3 Å². The molecule has 0 heterocycles. The minimum Gasteiger partial charge on any atom is -0.478 e. The van der Waals surface area contributed by atoms with E-state index in [1.165, 1.54) is 0 Å². The second-order valence-corrected chi connectivity index (χ2v) is 6.02. The van der Waals surface area contributed by atoms with Crippen LogP contribution in [0.5, 0.6) is 0 Å². The lowest BCUT2D eigenvalue weighted by Gasteiger charge is -2.11. The summed E-state index contributed by atoms with van der Waals surface area (Å²) < 4.78 is 5.63. The van der Waals surface area contributed by atoms with Gasteiger partial charge >= 0.3 is 5.97 Å². The van der Waals surface area contributed by atoms with E-state index in [4.69, 9.17) is 9.84 Å². The van der Waals surface area contributed by atoms with Gasteiger partial charge in [0.25, 0.3) is 0 Å². The van der Waals surface area contributed by atoms with Crippen LogP contribution in [0, 0.1) is 0 Å². The largest absolute Gasteiger partial charge is 0.478 e. The van der Waals surface area contributed by atoms with Gasteiger partial charge in [-0.3, -0.25) is 0 Å². The summed E-state index contributed by atoms with van der Waals surface area (Å²) in [6.07, 6.45) is 0.944. The summed E-state index contributed by atoms with van der Waals surface area (Å²) in [5.41, 5.74) is 0.300. The Morgan fingerprint density at radius 2 is 2.29 bits per heavy atom. The van der Waals surface area contributed by atoms with Crippen LogP contribution in [0.2, 0.25) is 0 Å². The second-order valence-electron chi connectivity index (χ2n) is 3.66. The molecule has 1 atom stereocenters. The van der Waals surface area contributed by atoms with Crippen LogP contribution in [-0.4, -0.2) is 30.0 Å². The Bertz CT molecular complexity index is 395. The molecule has 1 aromatic carbocycles. The number of benzene rings is 1. The number of halogens is 1. The molecule has 0 fully saturated rings. The highest BCUT2D eigenvalue weighted by atomic mass is 79.9. The van der Waals surface area contributed by atoms with E-state index in [-0.39, 0.29) is 0 Å². The summed E-state index contributed by atoms with van der Waals surface area (Å²) in [6.45, 7) is 2.82. The summed E-state index contributed by atoms with van der Waals surface area (Å²) in [7, 11) is 1.68. The molecular formula is C12H15BrO3S. The van der Waals surface area contributed by atoms with Gasteiger partial charge < -0.3 is 9.84 Å². The average Bonchev–Trinajstić information content (AvgIpc) is 2.28. The van der Waals surface area contributed by atoms with E-state index in [2.05, 4.69) is 22.9 Å². The number of hydrogen-bond acceptors (Lipinski definition) is 3. The lowest BCUT2D eigenvalue weighted by atomic mass is 10.2. The molecular weight excluding hydrogens is 304 g/mol. The maximum absolute atomic E-state index is 11.0. The molecule has 0 bridgehead atoms. The summed E-state index contributed by atoms with van der Waals surface area (Å²) >= 11 is 4.89. The van der Waals surface area contributed by atoms with Crippen molar-refractivity contribution in [1.82, 2.24) is 0 Å². The van der Waals surface area contributed by atoms with Crippen molar-refractivity contribution in [1.29, 1.82) is 0 Å². The molecule has 0 aromatic heterocycles. The van der Waals surface area contributed by atoms with Gasteiger partial charge in [-0.15, -0.1) is 11.8 Å². The molecule has 94 valence electrons. The fraction of sp³-hybridized carbons (Fsp3) is 0.417. The Morgan fingerprint density at radius 3 is 2.88 bits per heavy atom. The van der Waals surface area contributed by atoms with Gasteiger partial charge in [0.15, 0.2) is 0 Å². The molecule has 5 heteroatoms. The molecule has 3 nitrogen and oxygen atoms in total. The van der Waals surface area contributed by atoms with Crippen molar-refractivity contribution < 1.29 is 14.6 Å². The van der Waals surface area contributed by atoms with Gasteiger partial charge in [0, 0.05) is 28.3 Å². The summed E-state index contributed by atoms with van der Waals surface area (Å²) in [5, 5.41) is 9.41. The van der Waals surface area contributed by atoms with Gasteiger partial charge in [-0.25, -0.2) is 4.79 Å². The fourth-order valence-corrected chi connectivity index (χ4v) is 2.74. The van der Waals surface area contributed by atoms with Crippen LogP contribution < -0.4 is 0 Å².